The SMILES string of the molecule is O=C(O)c1ccc2c(c1)CN(C(=O)c1cc(Br)c(Br)s1)C2. The van der Waals surface area contributed by atoms with E-state index in [1.807, 2.05) is 0 Å². The van der Waals surface area contributed by atoms with Gasteiger partial charge in [0.15, 0.2) is 0 Å². The second-order valence-electron chi connectivity index (χ2n) is 4.68. The van der Waals surface area contributed by atoms with Gasteiger partial charge in [0.2, 0.25) is 0 Å². The number of carboxylic acid groups (broad SMARTS) is 1. The molecule has 1 aliphatic heterocycles. The molecular weight excluding hydrogens is 422 g/mol. The zero-order chi connectivity index (χ0) is 15.1. The van der Waals surface area contributed by atoms with Crippen molar-refractivity contribution in [3.05, 3.63) is 54.1 Å². The first-order valence-electron chi connectivity index (χ1n) is 6.05. The normalized spacial score (nSPS) is 13.3. The van der Waals surface area contributed by atoms with Crippen molar-refractivity contribution in [3.8, 4) is 0 Å². The first kappa shape index (κ1) is 14.7. The van der Waals surface area contributed by atoms with Crippen LogP contribution in [0.5, 0.6) is 0 Å². The third-order valence-corrected chi connectivity index (χ3v) is 6.56. The fourth-order valence-corrected chi connectivity index (χ4v) is 4.28. The van der Waals surface area contributed by atoms with Crippen molar-refractivity contribution in [1.29, 1.82) is 0 Å². The first-order valence-corrected chi connectivity index (χ1v) is 8.45. The van der Waals surface area contributed by atoms with E-state index < -0.39 is 5.97 Å². The number of carboxylic acids is 1. The molecule has 1 aromatic heterocycles. The van der Waals surface area contributed by atoms with Crippen LogP contribution in [0.1, 0.15) is 31.2 Å². The summed E-state index contributed by atoms with van der Waals surface area (Å²) in [6, 6.07) is 6.80. The summed E-state index contributed by atoms with van der Waals surface area (Å²) < 4.78 is 1.75. The van der Waals surface area contributed by atoms with Gasteiger partial charge in [-0.1, -0.05) is 6.07 Å². The van der Waals surface area contributed by atoms with E-state index >= 15 is 0 Å². The molecule has 3 rings (SSSR count). The lowest BCUT2D eigenvalue weighted by atomic mass is 10.1. The summed E-state index contributed by atoms with van der Waals surface area (Å²) in [6.45, 7) is 0.962. The summed E-state index contributed by atoms with van der Waals surface area (Å²) in [7, 11) is 0. The Labute approximate surface area is 141 Å². The highest BCUT2D eigenvalue weighted by molar-refractivity contribution is 9.13. The van der Waals surface area contributed by atoms with Gasteiger partial charge in [0.05, 0.1) is 14.2 Å². The van der Waals surface area contributed by atoms with Gasteiger partial charge < -0.3 is 10.0 Å². The molecule has 4 nitrogen and oxygen atoms in total. The molecule has 7 heteroatoms. The van der Waals surface area contributed by atoms with E-state index in [2.05, 4.69) is 31.9 Å². The van der Waals surface area contributed by atoms with Gasteiger partial charge >= 0.3 is 5.97 Å². The molecular formula is C14H9Br2NO3S. The Bertz CT molecular complexity index is 737. The molecule has 1 aliphatic rings. The average Bonchev–Trinajstić information content (AvgIpc) is 3.01. The van der Waals surface area contributed by atoms with Crippen molar-refractivity contribution in [2.75, 3.05) is 0 Å². The van der Waals surface area contributed by atoms with Crippen LogP contribution in [0.4, 0.5) is 0 Å². The maximum atomic E-state index is 12.5. The molecule has 108 valence electrons. The number of aromatic carboxylic acids is 1. The minimum absolute atomic E-state index is 0.0422. The molecule has 0 atom stereocenters. The van der Waals surface area contributed by atoms with E-state index in [0.717, 1.165) is 19.4 Å². The van der Waals surface area contributed by atoms with Crippen molar-refractivity contribution >= 4 is 55.1 Å². The van der Waals surface area contributed by atoms with Crippen LogP contribution < -0.4 is 0 Å². The highest BCUT2D eigenvalue weighted by atomic mass is 79.9. The topological polar surface area (TPSA) is 57.6 Å². The maximum absolute atomic E-state index is 12.5. The lowest BCUT2D eigenvalue weighted by Gasteiger charge is -2.13. The van der Waals surface area contributed by atoms with Crippen molar-refractivity contribution in [2.24, 2.45) is 0 Å². The van der Waals surface area contributed by atoms with Crippen LogP contribution in [0.15, 0.2) is 32.5 Å². The van der Waals surface area contributed by atoms with E-state index in [0.29, 0.717) is 18.0 Å². The maximum Gasteiger partial charge on any atom is 0.335 e. The summed E-state index contributed by atoms with van der Waals surface area (Å²) in [4.78, 5) is 25.8. The summed E-state index contributed by atoms with van der Waals surface area (Å²) in [5, 5.41) is 9.01. The number of amides is 1. The number of hydrogen-bond acceptors (Lipinski definition) is 3. The van der Waals surface area contributed by atoms with Crippen molar-refractivity contribution in [1.82, 2.24) is 4.90 Å². The number of rotatable bonds is 2. The lowest BCUT2D eigenvalue weighted by Crippen LogP contribution is -2.24. The number of carbonyl (C=O) groups is 2. The molecule has 0 aliphatic carbocycles. The molecule has 2 aromatic rings. The van der Waals surface area contributed by atoms with E-state index in [9.17, 15) is 9.59 Å². The average molecular weight is 431 g/mol. The number of thiophene rings is 1. The zero-order valence-corrected chi connectivity index (χ0v) is 14.6. The molecule has 0 spiro atoms. The first-order chi connectivity index (χ1) is 9.95. The van der Waals surface area contributed by atoms with Gasteiger partial charge in [-0.3, -0.25) is 4.79 Å². The van der Waals surface area contributed by atoms with Gasteiger partial charge in [-0.2, -0.15) is 0 Å². The number of nitrogens with zero attached hydrogens (tertiary/aromatic N) is 1. The van der Waals surface area contributed by atoms with Gasteiger partial charge in [-0.25, -0.2) is 4.79 Å². The van der Waals surface area contributed by atoms with Gasteiger partial charge in [-0.05, 0) is 61.2 Å². The highest BCUT2D eigenvalue weighted by Crippen LogP contribution is 2.34. The number of benzene rings is 1. The van der Waals surface area contributed by atoms with Crippen LogP contribution in [0.3, 0.4) is 0 Å². The Morgan fingerprint density at radius 3 is 2.48 bits per heavy atom. The van der Waals surface area contributed by atoms with Gasteiger partial charge in [0.25, 0.3) is 5.91 Å². The van der Waals surface area contributed by atoms with E-state index in [1.54, 1.807) is 29.2 Å². The highest BCUT2D eigenvalue weighted by Gasteiger charge is 2.26. The van der Waals surface area contributed by atoms with Gasteiger partial charge in [0, 0.05) is 17.6 Å². The molecule has 21 heavy (non-hydrogen) atoms. The Kier molecular flexibility index (Phi) is 3.90. The fraction of sp³-hybridized carbons (Fsp3) is 0.143. The number of fused-ring (bicyclic) bond motifs is 1. The molecule has 1 aromatic carbocycles. The van der Waals surface area contributed by atoms with Crippen LogP contribution in [0.25, 0.3) is 0 Å². The Balaban J connectivity index is 1.84. The minimum Gasteiger partial charge on any atom is -0.478 e. The molecule has 0 saturated heterocycles. The summed E-state index contributed by atoms with van der Waals surface area (Å²) in [5.74, 6) is -0.992. The Morgan fingerprint density at radius 1 is 1.14 bits per heavy atom. The van der Waals surface area contributed by atoms with Crippen LogP contribution in [-0.4, -0.2) is 21.9 Å². The van der Waals surface area contributed by atoms with E-state index in [-0.39, 0.29) is 11.5 Å². The van der Waals surface area contributed by atoms with Crippen LogP contribution >= 0.6 is 43.2 Å². The Morgan fingerprint density at radius 2 is 1.86 bits per heavy atom. The standard InChI is InChI=1S/C14H9Br2NO3S/c15-10-4-11(21-12(10)16)13(18)17-5-8-2-1-7(14(19)20)3-9(8)6-17/h1-4H,5-6H2,(H,19,20). The molecule has 0 saturated carbocycles. The fourth-order valence-electron chi connectivity index (χ4n) is 2.28. The van der Waals surface area contributed by atoms with Crippen LogP contribution in [-0.2, 0) is 13.1 Å². The summed E-state index contributed by atoms with van der Waals surface area (Å²) >= 11 is 8.14. The number of hydrogen-bond donors (Lipinski definition) is 1. The molecule has 1 amide bonds. The quantitative estimate of drug-likeness (QED) is 0.779. The molecule has 0 bridgehead atoms. The van der Waals surface area contributed by atoms with Gasteiger partial charge in [-0.15, -0.1) is 11.3 Å². The third-order valence-electron chi connectivity index (χ3n) is 3.32. The van der Waals surface area contributed by atoms with Crippen molar-refractivity contribution in [3.63, 3.8) is 0 Å². The molecule has 2 heterocycles. The van der Waals surface area contributed by atoms with Gasteiger partial charge in [0.1, 0.15) is 0 Å². The second kappa shape index (κ2) is 5.55. The predicted octanol–water partition coefficient (Wildman–Crippen LogP) is 4.13. The van der Waals surface area contributed by atoms with E-state index in [4.69, 9.17) is 5.11 Å². The molecule has 0 unspecified atom stereocenters. The molecule has 0 fully saturated rings. The summed E-state index contributed by atoms with van der Waals surface area (Å²) in [6.07, 6.45) is 0. The summed E-state index contributed by atoms with van der Waals surface area (Å²) in [5.41, 5.74) is 2.16. The van der Waals surface area contributed by atoms with Crippen molar-refractivity contribution < 1.29 is 14.7 Å². The zero-order valence-electron chi connectivity index (χ0n) is 10.6. The van der Waals surface area contributed by atoms with Crippen molar-refractivity contribution in [2.45, 2.75) is 13.1 Å². The third kappa shape index (κ3) is 2.77. The largest absolute Gasteiger partial charge is 0.478 e. The van der Waals surface area contributed by atoms with Crippen LogP contribution in [0, 0.1) is 0 Å². The molecule has 1 N–H and O–H groups in total. The second-order valence-corrected chi connectivity index (χ2v) is 7.91. The number of carbonyl (C=O) groups excluding carboxylic acids is 1. The smallest absolute Gasteiger partial charge is 0.335 e. The number of halogens is 2. The van der Waals surface area contributed by atoms with E-state index in [1.165, 1.54) is 11.3 Å². The minimum atomic E-state index is -0.950. The lowest BCUT2D eigenvalue weighted by molar-refractivity contribution is 0.0696. The molecule has 0 radical (unpaired) electrons. The van der Waals surface area contributed by atoms with Crippen LogP contribution in [0.2, 0.25) is 0 Å². The predicted molar refractivity (Wildman–Crippen MR) is 86.7 cm³/mol. The Hall–Kier alpha value is -1.18. The monoisotopic (exact) mass is 429 g/mol.